The zero-order valence-corrected chi connectivity index (χ0v) is 15.3. The number of hydrogen-bond acceptors (Lipinski definition) is 7. The van der Waals surface area contributed by atoms with Crippen molar-refractivity contribution in [3.8, 4) is 17.5 Å². The number of nitrogens with one attached hydrogen (secondary N) is 1. The number of amides is 1. The molecular formula is C17H20ClN5O3. The van der Waals surface area contributed by atoms with Gasteiger partial charge in [0, 0.05) is 24.2 Å². The molecule has 138 valence electrons. The van der Waals surface area contributed by atoms with Crippen LogP contribution in [-0.4, -0.2) is 52.7 Å². The molecule has 2 fully saturated rings. The molecule has 1 aliphatic heterocycles. The Balaban J connectivity index is 1.35. The van der Waals surface area contributed by atoms with E-state index in [0.717, 1.165) is 25.9 Å². The number of nitrogens with zero attached hydrogens (tertiary/aromatic N) is 4. The quantitative estimate of drug-likeness (QED) is 0.855. The fourth-order valence-electron chi connectivity index (χ4n) is 3.26. The van der Waals surface area contributed by atoms with Crippen LogP contribution in [-0.2, 0) is 4.79 Å². The topological polar surface area (TPSA) is 93.4 Å². The molecule has 9 heteroatoms. The van der Waals surface area contributed by atoms with Gasteiger partial charge in [-0.2, -0.15) is 0 Å². The SMILES string of the molecule is COc1cc(Cl)cc(-c2nnc(NCC(=O)N3CCC4(CC3)CC4)o2)n1. The van der Waals surface area contributed by atoms with Crippen molar-refractivity contribution >= 4 is 23.5 Å². The number of likely N-dealkylation sites (tertiary alicyclic amines) is 1. The van der Waals surface area contributed by atoms with Crippen molar-refractivity contribution in [2.75, 3.05) is 32.1 Å². The zero-order chi connectivity index (χ0) is 18.1. The Kier molecular flexibility index (Phi) is 4.44. The molecule has 26 heavy (non-hydrogen) atoms. The lowest BCUT2D eigenvalue weighted by atomic mass is 9.94. The van der Waals surface area contributed by atoms with E-state index >= 15 is 0 Å². The Hall–Kier alpha value is -2.35. The van der Waals surface area contributed by atoms with Crippen LogP contribution >= 0.6 is 11.6 Å². The number of methoxy groups -OCH3 is 1. The average Bonchev–Trinajstić information content (AvgIpc) is 3.22. The summed E-state index contributed by atoms with van der Waals surface area (Å²) in [7, 11) is 1.50. The smallest absolute Gasteiger partial charge is 0.316 e. The third kappa shape index (κ3) is 3.60. The normalized spacial score (nSPS) is 18.0. The summed E-state index contributed by atoms with van der Waals surface area (Å²) in [5, 5.41) is 11.2. The fourth-order valence-corrected chi connectivity index (χ4v) is 3.45. The summed E-state index contributed by atoms with van der Waals surface area (Å²) in [6.45, 7) is 1.80. The van der Waals surface area contributed by atoms with Gasteiger partial charge in [-0.15, -0.1) is 5.10 Å². The maximum absolute atomic E-state index is 12.3. The van der Waals surface area contributed by atoms with Crippen LogP contribution in [0, 0.1) is 5.41 Å². The van der Waals surface area contributed by atoms with Crippen LogP contribution in [0.25, 0.3) is 11.6 Å². The highest BCUT2D eigenvalue weighted by atomic mass is 35.5. The van der Waals surface area contributed by atoms with Crippen LogP contribution in [0.1, 0.15) is 25.7 Å². The number of ether oxygens (including phenoxy) is 1. The van der Waals surface area contributed by atoms with Crippen LogP contribution in [0.3, 0.4) is 0 Å². The van der Waals surface area contributed by atoms with E-state index in [1.54, 1.807) is 12.1 Å². The van der Waals surface area contributed by atoms with E-state index in [9.17, 15) is 4.79 Å². The van der Waals surface area contributed by atoms with Gasteiger partial charge < -0.3 is 19.4 Å². The second kappa shape index (κ2) is 6.75. The first-order chi connectivity index (χ1) is 12.6. The second-order valence-electron chi connectivity index (χ2n) is 6.86. The Bertz CT molecular complexity index is 810. The molecule has 1 N–H and O–H groups in total. The first-order valence-corrected chi connectivity index (χ1v) is 9.02. The number of halogens is 1. The summed E-state index contributed by atoms with van der Waals surface area (Å²) in [5.41, 5.74) is 0.961. The molecule has 0 radical (unpaired) electrons. The molecule has 1 saturated heterocycles. The third-order valence-corrected chi connectivity index (χ3v) is 5.36. The van der Waals surface area contributed by atoms with Crippen LogP contribution in [0.2, 0.25) is 5.02 Å². The summed E-state index contributed by atoms with van der Waals surface area (Å²) < 4.78 is 10.6. The minimum Gasteiger partial charge on any atom is -0.481 e. The predicted molar refractivity (Wildman–Crippen MR) is 95.1 cm³/mol. The molecular weight excluding hydrogens is 358 g/mol. The molecule has 2 aromatic rings. The molecule has 3 heterocycles. The standard InChI is InChI=1S/C17H20ClN5O3/c1-25-13-9-11(18)8-12(20-13)15-21-22-16(26-15)19-10-14(24)23-6-4-17(2-3-17)5-7-23/h8-9H,2-7,10H2,1H3,(H,19,22). The number of anilines is 1. The Morgan fingerprint density at radius 2 is 2.08 bits per heavy atom. The number of pyridine rings is 1. The lowest BCUT2D eigenvalue weighted by Crippen LogP contribution is -2.41. The van der Waals surface area contributed by atoms with E-state index in [1.807, 2.05) is 4.90 Å². The van der Waals surface area contributed by atoms with Gasteiger partial charge in [0.15, 0.2) is 0 Å². The molecule has 1 spiro atoms. The third-order valence-electron chi connectivity index (χ3n) is 5.14. The van der Waals surface area contributed by atoms with Crippen molar-refractivity contribution in [2.24, 2.45) is 5.41 Å². The molecule has 0 aromatic carbocycles. The van der Waals surface area contributed by atoms with Gasteiger partial charge in [0.25, 0.3) is 5.89 Å². The van der Waals surface area contributed by atoms with Gasteiger partial charge in [0.2, 0.25) is 11.8 Å². The predicted octanol–water partition coefficient (Wildman–Crippen LogP) is 2.61. The van der Waals surface area contributed by atoms with Crippen molar-refractivity contribution in [3.63, 3.8) is 0 Å². The maximum Gasteiger partial charge on any atom is 0.316 e. The van der Waals surface area contributed by atoms with Crippen molar-refractivity contribution in [1.29, 1.82) is 0 Å². The van der Waals surface area contributed by atoms with Crippen LogP contribution in [0.5, 0.6) is 5.88 Å². The summed E-state index contributed by atoms with van der Waals surface area (Å²) >= 11 is 6.02. The van der Waals surface area contributed by atoms with Gasteiger partial charge in [0.05, 0.1) is 13.7 Å². The Morgan fingerprint density at radius 1 is 1.31 bits per heavy atom. The van der Waals surface area contributed by atoms with Gasteiger partial charge in [0.1, 0.15) is 5.69 Å². The second-order valence-corrected chi connectivity index (χ2v) is 7.30. The van der Waals surface area contributed by atoms with E-state index in [4.69, 9.17) is 20.8 Å². The molecule has 0 atom stereocenters. The highest BCUT2D eigenvalue weighted by Gasteiger charge is 2.44. The Labute approximate surface area is 155 Å². The fraction of sp³-hybridized carbons (Fsp3) is 0.529. The molecule has 1 aliphatic carbocycles. The average molecular weight is 378 g/mol. The first-order valence-electron chi connectivity index (χ1n) is 8.64. The van der Waals surface area contributed by atoms with Crippen molar-refractivity contribution in [1.82, 2.24) is 20.1 Å². The molecule has 1 amide bonds. The summed E-state index contributed by atoms with van der Waals surface area (Å²) in [4.78, 5) is 18.5. The van der Waals surface area contributed by atoms with Crippen LogP contribution in [0.15, 0.2) is 16.5 Å². The van der Waals surface area contributed by atoms with Gasteiger partial charge >= 0.3 is 6.01 Å². The van der Waals surface area contributed by atoms with Crippen LogP contribution in [0.4, 0.5) is 6.01 Å². The highest BCUT2D eigenvalue weighted by molar-refractivity contribution is 6.30. The summed E-state index contributed by atoms with van der Waals surface area (Å²) in [5.74, 6) is 0.603. The highest BCUT2D eigenvalue weighted by Crippen LogP contribution is 2.53. The summed E-state index contributed by atoms with van der Waals surface area (Å²) in [6, 6.07) is 3.36. The van der Waals surface area contributed by atoms with Gasteiger partial charge in [-0.1, -0.05) is 16.7 Å². The van der Waals surface area contributed by atoms with Crippen LogP contribution < -0.4 is 10.1 Å². The molecule has 8 nitrogen and oxygen atoms in total. The lowest BCUT2D eigenvalue weighted by molar-refractivity contribution is -0.130. The Morgan fingerprint density at radius 3 is 2.77 bits per heavy atom. The van der Waals surface area contributed by atoms with Gasteiger partial charge in [-0.3, -0.25) is 4.79 Å². The number of carbonyl (C=O) groups excluding carboxylic acids is 1. The van der Waals surface area contributed by atoms with E-state index < -0.39 is 0 Å². The minimum atomic E-state index is 0.0443. The number of rotatable bonds is 5. The lowest BCUT2D eigenvalue weighted by Gasteiger charge is -2.32. The molecule has 2 aliphatic rings. The zero-order valence-electron chi connectivity index (χ0n) is 14.5. The van der Waals surface area contributed by atoms with Crippen molar-refractivity contribution < 1.29 is 13.9 Å². The summed E-state index contributed by atoms with van der Waals surface area (Å²) in [6.07, 6.45) is 4.87. The van der Waals surface area contributed by atoms with E-state index in [2.05, 4.69) is 20.5 Å². The van der Waals surface area contributed by atoms with Gasteiger partial charge in [-0.05, 0) is 37.2 Å². The number of carbonyl (C=O) groups is 1. The van der Waals surface area contributed by atoms with Crippen molar-refractivity contribution in [3.05, 3.63) is 17.2 Å². The largest absolute Gasteiger partial charge is 0.481 e. The van der Waals surface area contributed by atoms with E-state index in [0.29, 0.717) is 22.0 Å². The molecule has 2 aromatic heterocycles. The van der Waals surface area contributed by atoms with E-state index in [1.165, 1.54) is 20.0 Å². The monoisotopic (exact) mass is 377 g/mol. The van der Waals surface area contributed by atoms with Gasteiger partial charge in [-0.25, -0.2) is 4.98 Å². The minimum absolute atomic E-state index is 0.0443. The molecule has 0 bridgehead atoms. The maximum atomic E-state index is 12.3. The number of aromatic nitrogens is 3. The molecule has 0 unspecified atom stereocenters. The first kappa shape index (κ1) is 17.1. The van der Waals surface area contributed by atoms with E-state index in [-0.39, 0.29) is 24.4 Å². The van der Waals surface area contributed by atoms with Crippen molar-refractivity contribution in [2.45, 2.75) is 25.7 Å². The number of piperidine rings is 1. The molecule has 1 saturated carbocycles. The number of hydrogen-bond donors (Lipinski definition) is 1. The molecule has 4 rings (SSSR count).